The molecule has 4 heteroatoms. The number of unbranched alkanes of at least 4 members (excludes halogenated alkanes) is 6. The standard InChI is InChI=1S/C21H29NO3/c1-4-5-6-7-8-9-10-14-22-19-15(2)20(23)16-12-11-13-17(25-3)18(16)21(19)24/h11-13,22H,4-10,14H2,1-3H3. The van der Waals surface area contributed by atoms with Crippen molar-refractivity contribution in [1.29, 1.82) is 0 Å². The van der Waals surface area contributed by atoms with Crippen LogP contribution in [0.15, 0.2) is 29.5 Å². The van der Waals surface area contributed by atoms with Crippen molar-refractivity contribution in [2.75, 3.05) is 13.7 Å². The first-order valence-corrected chi connectivity index (χ1v) is 9.33. The summed E-state index contributed by atoms with van der Waals surface area (Å²) in [7, 11) is 1.52. The van der Waals surface area contributed by atoms with Gasteiger partial charge in [0.2, 0.25) is 5.78 Å². The maximum absolute atomic E-state index is 12.8. The van der Waals surface area contributed by atoms with Crippen LogP contribution in [0.4, 0.5) is 0 Å². The molecule has 0 amide bonds. The Labute approximate surface area is 150 Å². The predicted molar refractivity (Wildman–Crippen MR) is 100 cm³/mol. The van der Waals surface area contributed by atoms with Gasteiger partial charge in [-0.05, 0) is 19.4 Å². The second kappa shape index (κ2) is 9.40. The number of fused-ring (bicyclic) bond motifs is 1. The number of hydrogen-bond donors (Lipinski definition) is 1. The third-order valence-corrected chi connectivity index (χ3v) is 4.74. The van der Waals surface area contributed by atoms with Crippen LogP contribution in [0, 0.1) is 0 Å². The highest BCUT2D eigenvalue weighted by molar-refractivity contribution is 6.27. The van der Waals surface area contributed by atoms with Crippen LogP contribution in [0.2, 0.25) is 0 Å². The molecule has 0 saturated carbocycles. The Hall–Kier alpha value is -2.10. The molecule has 0 fully saturated rings. The lowest BCUT2D eigenvalue weighted by Crippen LogP contribution is -2.30. The quantitative estimate of drug-likeness (QED) is 0.626. The van der Waals surface area contributed by atoms with E-state index in [-0.39, 0.29) is 11.6 Å². The number of ether oxygens (including phenoxy) is 1. The van der Waals surface area contributed by atoms with E-state index in [1.807, 2.05) is 0 Å². The van der Waals surface area contributed by atoms with E-state index in [0.717, 1.165) is 12.8 Å². The molecule has 1 N–H and O–H groups in total. The molecule has 0 spiro atoms. The third kappa shape index (κ3) is 4.50. The van der Waals surface area contributed by atoms with Gasteiger partial charge in [0.15, 0.2) is 5.78 Å². The van der Waals surface area contributed by atoms with E-state index in [1.54, 1.807) is 25.1 Å². The van der Waals surface area contributed by atoms with Gasteiger partial charge in [0, 0.05) is 17.7 Å². The highest BCUT2D eigenvalue weighted by Crippen LogP contribution is 2.31. The van der Waals surface area contributed by atoms with Crippen LogP contribution >= 0.6 is 0 Å². The van der Waals surface area contributed by atoms with Gasteiger partial charge in [0.05, 0.1) is 18.4 Å². The van der Waals surface area contributed by atoms with Gasteiger partial charge in [-0.2, -0.15) is 0 Å². The van der Waals surface area contributed by atoms with Crippen molar-refractivity contribution < 1.29 is 14.3 Å². The number of carbonyl (C=O) groups is 2. The fraction of sp³-hybridized carbons (Fsp3) is 0.524. The molecule has 0 unspecified atom stereocenters. The third-order valence-electron chi connectivity index (χ3n) is 4.74. The van der Waals surface area contributed by atoms with Crippen molar-refractivity contribution in [3.05, 3.63) is 40.6 Å². The van der Waals surface area contributed by atoms with Gasteiger partial charge in [0.25, 0.3) is 0 Å². The van der Waals surface area contributed by atoms with Crippen molar-refractivity contribution in [2.45, 2.75) is 58.8 Å². The molecule has 0 bridgehead atoms. The van der Waals surface area contributed by atoms with E-state index in [2.05, 4.69) is 12.2 Å². The van der Waals surface area contributed by atoms with Crippen molar-refractivity contribution >= 4 is 11.6 Å². The number of carbonyl (C=O) groups excluding carboxylic acids is 2. The lowest BCUT2D eigenvalue weighted by Gasteiger charge is -2.21. The predicted octanol–water partition coefficient (Wildman–Crippen LogP) is 4.69. The molecule has 136 valence electrons. The molecule has 0 aliphatic heterocycles. The van der Waals surface area contributed by atoms with Gasteiger partial charge in [-0.25, -0.2) is 0 Å². The van der Waals surface area contributed by atoms with Crippen LogP contribution in [-0.4, -0.2) is 25.2 Å². The van der Waals surface area contributed by atoms with Crippen molar-refractivity contribution in [2.24, 2.45) is 0 Å². The first-order chi connectivity index (χ1) is 12.1. The first kappa shape index (κ1) is 19.2. The molecule has 0 aromatic heterocycles. The second-order valence-electron chi connectivity index (χ2n) is 6.59. The molecule has 1 aromatic carbocycles. The van der Waals surface area contributed by atoms with Crippen LogP contribution in [-0.2, 0) is 0 Å². The summed E-state index contributed by atoms with van der Waals surface area (Å²) in [6.45, 7) is 4.65. The summed E-state index contributed by atoms with van der Waals surface area (Å²) in [5.74, 6) is 0.210. The molecule has 0 radical (unpaired) electrons. The molecular weight excluding hydrogens is 314 g/mol. The van der Waals surface area contributed by atoms with Crippen LogP contribution in [0.25, 0.3) is 0 Å². The minimum atomic E-state index is -0.146. The van der Waals surface area contributed by atoms with Crippen molar-refractivity contribution in [3.8, 4) is 5.75 Å². The minimum Gasteiger partial charge on any atom is -0.496 e. The van der Waals surface area contributed by atoms with Crippen LogP contribution in [0.3, 0.4) is 0 Å². The number of methoxy groups -OCH3 is 1. The van der Waals surface area contributed by atoms with E-state index in [1.165, 1.54) is 39.2 Å². The number of rotatable bonds is 10. The summed E-state index contributed by atoms with van der Waals surface area (Å²) >= 11 is 0. The summed E-state index contributed by atoms with van der Waals surface area (Å²) in [4.78, 5) is 25.4. The number of hydrogen-bond acceptors (Lipinski definition) is 4. The summed E-state index contributed by atoms with van der Waals surface area (Å²) in [6, 6.07) is 5.15. The van der Waals surface area contributed by atoms with Gasteiger partial charge in [-0.15, -0.1) is 0 Å². The van der Waals surface area contributed by atoms with E-state index >= 15 is 0 Å². The van der Waals surface area contributed by atoms with Gasteiger partial charge in [-0.3, -0.25) is 9.59 Å². The Morgan fingerprint density at radius 1 is 0.960 bits per heavy atom. The van der Waals surface area contributed by atoms with E-state index in [0.29, 0.717) is 34.7 Å². The smallest absolute Gasteiger partial charge is 0.213 e. The topological polar surface area (TPSA) is 55.4 Å². The van der Waals surface area contributed by atoms with Crippen LogP contribution in [0.1, 0.15) is 79.5 Å². The monoisotopic (exact) mass is 343 g/mol. The Kier molecular flexibility index (Phi) is 7.23. The lowest BCUT2D eigenvalue weighted by atomic mass is 9.87. The first-order valence-electron chi connectivity index (χ1n) is 9.33. The highest BCUT2D eigenvalue weighted by Gasteiger charge is 2.32. The van der Waals surface area contributed by atoms with Crippen molar-refractivity contribution in [3.63, 3.8) is 0 Å². The SMILES string of the molecule is CCCCCCCCCNC1=C(C)C(=O)c2cccc(OC)c2C1=O. The Balaban J connectivity index is 1.96. The largest absolute Gasteiger partial charge is 0.496 e. The van der Waals surface area contributed by atoms with E-state index in [9.17, 15) is 9.59 Å². The number of benzene rings is 1. The summed E-state index contributed by atoms with van der Waals surface area (Å²) in [5, 5.41) is 3.20. The van der Waals surface area contributed by atoms with E-state index in [4.69, 9.17) is 4.74 Å². The average Bonchev–Trinajstić information content (AvgIpc) is 2.63. The summed E-state index contributed by atoms with van der Waals surface area (Å²) < 4.78 is 5.28. The molecule has 0 atom stereocenters. The molecule has 1 aromatic rings. The fourth-order valence-electron chi connectivity index (χ4n) is 3.24. The molecule has 25 heavy (non-hydrogen) atoms. The molecule has 1 aliphatic rings. The molecule has 4 nitrogen and oxygen atoms in total. The van der Waals surface area contributed by atoms with E-state index < -0.39 is 0 Å². The normalized spacial score (nSPS) is 13.9. The van der Waals surface area contributed by atoms with Crippen LogP contribution in [0.5, 0.6) is 5.75 Å². The zero-order valence-corrected chi connectivity index (χ0v) is 15.6. The maximum Gasteiger partial charge on any atom is 0.213 e. The Morgan fingerprint density at radius 2 is 1.64 bits per heavy atom. The minimum absolute atomic E-state index is 0.101. The number of ketones is 2. The number of allylic oxidation sites excluding steroid dienone is 2. The molecule has 0 heterocycles. The Morgan fingerprint density at radius 3 is 2.32 bits per heavy atom. The zero-order valence-electron chi connectivity index (χ0n) is 15.6. The molecule has 2 rings (SSSR count). The maximum atomic E-state index is 12.8. The molecule has 0 saturated heterocycles. The summed E-state index contributed by atoms with van der Waals surface area (Å²) in [6.07, 6.45) is 8.52. The fourth-order valence-corrected chi connectivity index (χ4v) is 3.24. The molecule has 1 aliphatic carbocycles. The molecular formula is C21H29NO3. The zero-order chi connectivity index (χ0) is 18.2. The lowest BCUT2D eigenvalue weighted by molar-refractivity contribution is 0.0966. The number of Topliss-reactive ketones (excluding diaryl/α,β-unsaturated/α-hetero) is 2. The second-order valence-corrected chi connectivity index (χ2v) is 6.59. The van der Waals surface area contributed by atoms with Crippen LogP contribution < -0.4 is 10.1 Å². The van der Waals surface area contributed by atoms with Gasteiger partial charge in [0.1, 0.15) is 5.75 Å². The highest BCUT2D eigenvalue weighted by atomic mass is 16.5. The van der Waals surface area contributed by atoms with Crippen molar-refractivity contribution in [1.82, 2.24) is 5.32 Å². The van der Waals surface area contributed by atoms with Gasteiger partial charge >= 0.3 is 0 Å². The average molecular weight is 343 g/mol. The van der Waals surface area contributed by atoms with Gasteiger partial charge < -0.3 is 10.1 Å². The van der Waals surface area contributed by atoms with Gasteiger partial charge in [-0.1, -0.05) is 57.6 Å². The number of nitrogens with one attached hydrogen (secondary N) is 1. The Bertz CT molecular complexity index is 661. The summed E-state index contributed by atoms with van der Waals surface area (Å²) in [5.41, 5.74) is 1.73.